The molecule has 1 aliphatic rings. The van der Waals surface area contributed by atoms with E-state index in [1.165, 1.54) is 6.07 Å². The summed E-state index contributed by atoms with van der Waals surface area (Å²) in [6.07, 6.45) is 4.99. The second-order valence-corrected chi connectivity index (χ2v) is 8.19. The maximum Gasteiger partial charge on any atom is 0.264 e. The molecule has 7 heteroatoms. The molecule has 0 atom stereocenters. The van der Waals surface area contributed by atoms with Crippen molar-refractivity contribution in [2.45, 2.75) is 49.5 Å². The van der Waals surface area contributed by atoms with Crippen molar-refractivity contribution in [1.29, 1.82) is 0 Å². The van der Waals surface area contributed by atoms with Gasteiger partial charge in [0.25, 0.3) is 15.0 Å². The van der Waals surface area contributed by atoms with Gasteiger partial charge in [0.15, 0.2) is 0 Å². The lowest BCUT2D eigenvalue weighted by Crippen LogP contribution is -2.47. The highest BCUT2D eigenvalue weighted by molar-refractivity contribution is 8.13. The van der Waals surface area contributed by atoms with Gasteiger partial charge in [0.2, 0.25) is 0 Å². The number of benzene rings is 1. The van der Waals surface area contributed by atoms with Crippen LogP contribution in [0.4, 0.5) is 4.39 Å². The van der Waals surface area contributed by atoms with Crippen LogP contribution in [0.1, 0.15) is 49.4 Å². The first-order valence-corrected chi connectivity index (χ1v) is 9.09. The maximum atomic E-state index is 13.5. The molecule has 1 N–H and O–H groups in total. The van der Waals surface area contributed by atoms with E-state index in [-0.39, 0.29) is 11.1 Å². The molecule has 0 bridgehead atoms. The molecule has 1 aromatic rings. The van der Waals surface area contributed by atoms with Crippen LogP contribution in [0.5, 0.6) is 0 Å². The van der Waals surface area contributed by atoms with Crippen LogP contribution >= 0.6 is 10.7 Å². The summed E-state index contributed by atoms with van der Waals surface area (Å²) in [5.41, 5.74) is -0.216. The molecule has 4 nitrogen and oxygen atoms in total. The van der Waals surface area contributed by atoms with E-state index < -0.39 is 25.7 Å². The van der Waals surface area contributed by atoms with Crippen LogP contribution in [0.15, 0.2) is 23.1 Å². The van der Waals surface area contributed by atoms with Crippen molar-refractivity contribution in [2.75, 3.05) is 0 Å². The van der Waals surface area contributed by atoms with Crippen molar-refractivity contribution < 1.29 is 17.6 Å². The number of carbonyl (C=O) groups is 1. The lowest BCUT2D eigenvalue weighted by Gasteiger charge is -2.34. The molecule has 0 saturated heterocycles. The summed E-state index contributed by atoms with van der Waals surface area (Å²) in [5, 5.41) is 2.91. The minimum absolute atomic E-state index is 0.0856. The summed E-state index contributed by atoms with van der Waals surface area (Å²) >= 11 is 0. The van der Waals surface area contributed by atoms with Crippen LogP contribution < -0.4 is 5.32 Å². The fraction of sp³-hybridized carbons (Fsp3) is 0.500. The minimum Gasteiger partial charge on any atom is -0.347 e. The van der Waals surface area contributed by atoms with Crippen molar-refractivity contribution in [1.82, 2.24) is 5.32 Å². The summed E-state index contributed by atoms with van der Waals surface area (Å²) < 4.78 is 36.0. The molecule has 0 unspecified atom stereocenters. The molecule has 1 aliphatic carbocycles. The highest BCUT2D eigenvalue weighted by Crippen LogP contribution is 2.28. The van der Waals surface area contributed by atoms with Gasteiger partial charge in [-0.2, -0.15) is 0 Å². The summed E-state index contributed by atoms with van der Waals surface area (Å²) in [6, 6.07) is 3.16. The second-order valence-electron chi connectivity index (χ2n) is 5.66. The first kappa shape index (κ1) is 16.2. The smallest absolute Gasteiger partial charge is 0.264 e. The molecule has 1 fully saturated rings. The number of rotatable bonds is 3. The predicted octanol–water partition coefficient (Wildman–Crippen LogP) is 3.21. The molecule has 21 heavy (non-hydrogen) atoms. The zero-order chi connectivity index (χ0) is 15.7. The normalized spacial score (nSPS) is 18.2. The van der Waals surface area contributed by atoms with E-state index in [0.717, 1.165) is 44.2 Å². The van der Waals surface area contributed by atoms with E-state index in [0.29, 0.717) is 0 Å². The Hall–Kier alpha value is -1.14. The Morgan fingerprint density at radius 1 is 1.29 bits per heavy atom. The van der Waals surface area contributed by atoms with E-state index in [2.05, 4.69) is 5.32 Å². The standard InChI is InChI=1S/C14H17ClFNO3S/c1-14(7-3-2-4-8-14)17-13(18)10-5-6-11(16)12(9-10)21(15,19)20/h5-6,9H,2-4,7-8H2,1H3,(H,17,18). The highest BCUT2D eigenvalue weighted by Gasteiger charge is 2.29. The monoisotopic (exact) mass is 333 g/mol. The summed E-state index contributed by atoms with van der Waals surface area (Å²) in [6.45, 7) is 1.97. The van der Waals surface area contributed by atoms with E-state index in [9.17, 15) is 17.6 Å². The average Bonchev–Trinajstić information content (AvgIpc) is 2.38. The van der Waals surface area contributed by atoms with Crippen LogP contribution in [0, 0.1) is 5.82 Å². The Morgan fingerprint density at radius 3 is 2.48 bits per heavy atom. The third-order valence-corrected chi connectivity index (χ3v) is 5.17. The molecule has 1 aromatic carbocycles. The van der Waals surface area contributed by atoms with Crippen molar-refractivity contribution in [2.24, 2.45) is 0 Å². The van der Waals surface area contributed by atoms with Gasteiger partial charge in [-0.25, -0.2) is 12.8 Å². The van der Waals surface area contributed by atoms with E-state index in [1.54, 1.807) is 0 Å². The summed E-state index contributed by atoms with van der Waals surface area (Å²) in [7, 11) is 0.940. The Balaban J connectivity index is 2.24. The molecule has 2 rings (SSSR count). The first-order valence-electron chi connectivity index (χ1n) is 6.78. The predicted molar refractivity (Wildman–Crippen MR) is 78.4 cm³/mol. The molecule has 1 amide bonds. The number of nitrogens with one attached hydrogen (secondary N) is 1. The van der Waals surface area contributed by atoms with Gasteiger partial charge in [0.05, 0.1) is 0 Å². The zero-order valence-corrected chi connectivity index (χ0v) is 13.2. The fourth-order valence-electron chi connectivity index (χ4n) is 2.63. The molecule has 0 heterocycles. The SMILES string of the molecule is CC1(NC(=O)c2ccc(F)c(S(=O)(=O)Cl)c2)CCCCC1. The summed E-state index contributed by atoms with van der Waals surface area (Å²) in [4.78, 5) is 11.6. The molecule has 0 aliphatic heterocycles. The van der Waals surface area contributed by atoms with Crippen molar-refractivity contribution in [3.8, 4) is 0 Å². The number of carbonyl (C=O) groups excluding carboxylic acids is 1. The van der Waals surface area contributed by atoms with Gasteiger partial charge in [0.1, 0.15) is 10.7 Å². The van der Waals surface area contributed by atoms with Gasteiger partial charge in [0, 0.05) is 21.8 Å². The molecule has 0 aromatic heterocycles. The molecular formula is C14H17ClFNO3S. The van der Waals surface area contributed by atoms with Crippen LogP contribution in [0.25, 0.3) is 0 Å². The van der Waals surface area contributed by atoms with Gasteiger partial charge in [-0.1, -0.05) is 19.3 Å². The number of halogens is 2. The lowest BCUT2D eigenvalue weighted by molar-refractivity contribution is 0.0882. The van der Waals surface area contributed by atoms with Crippen LogP contribution in [-0.4, -0.2) is 19.9 Å². The van der Waals surface area contributed by atoms with E-state index in [1.807, 2.05) is 6.92 Å². The highest BCUT2D eigenvalue weighted by atomic mass is 35.7. The molecular weight excluding hydrogens is 317 g/mol. The lowest BCUT2D eigenvalue weighted by atomic mass is 9.83. The number of hydrogen-bond acceptors (Lipinski definition) is 3. The maximum absolute atomic E-state index is 13.5. The minimum atomic E-state index is -4.22. The van der Waals surface area contributed by atoms with Gasteiger partial charge < -0.3 is 5.32 Å². The Kier molecular flexibility index (Phi) is 4.58. The van der Waals surface area contributed by atoms with Crippen molar-refractivity contribution in [3.05, 3.63) is 29.6 Å². The first-order chi connectivity index (χ1) is 9.71. The van der Waals surface area contributed by atoms with Gasteiger partial charge in [-0.05, 0) is 38.0 Å². The average molecular weight is 334 g/mol. The topological polar surface area (TPSA) is 63.2 Å². The fourth-order valence-corrected chi connectivity index (χ4v) is 3.56. The Bertz CT molecular complexity index is 654. The van der Waals surface area contributed by atoms with E-state index in [4.69, 9.17) is 10.7 Å². The number of amides is 1. The zero-order valence-electron chi connectivity index (χ0n) is 11.7. The molecule has 116 valence electrons. The van der Waals surface area contributed by atoms with Gasteiger partial charge >= 0.3 is 0 Å². The Labute approximate surface area is 128 Å². The molecule has 0 spiro atoms. The van der Waals surface area contributed by atoms with Crippen LogP contribution in [0.2, 0.25) is 0 Å². The van der Waals surface area contributed by atoms with Crippen LogP contribution in [0.3, 0.4) is 0 Å². The van der Waals surface area contributed by atoms with E-state index >= 15 is 0 Å². The largest absolute Gasteiger partial charge is 0.347 e. The second kappa shape index (κ2) is 5.93. The van der Waals surface area contributed by atoms with Gasteiger partial charge in [-0.3, -0.25) is 4.79 Å². The van der Waals surface area contributed by atoms with Crippen molar-refractivity contribution in [3.63, 3.8) is 0 Å². The third-order valence-electron chi connectivity index (χ3n) is 3.83. The van der Waals surface area contributed by atoms with Crippen LogP contribution in [-0.2, 0) is 9.05 Å². The number of hydrogen-bond donors (Lipinski definition) is 1. The van der Waals surface area contributed by atoms with Gasteiger partial charge in [-0.15, -0.1) is 0 Å². The molecule has 1 saturated carbocycles. The van der Waals surface area contributed by atoms with Crippen molar-refractivity contribution >= 4 is 25.6 Å². The summed E-state index contributed by atoms with van der Waals surface area (Å²) in [5.74, 6) is -1.38. The quantitative estimate of drug-likeness (QED) is 0.864. The molecule has 0 radical (unpaired) electrons. The third kappa shape index (κ3) is 3.95. The Morgan fingerprint density at radius 2 is 1.90 bits per heavy atom.